The third kappa shape index (κ3) is 1.85. The van der Waals surface area contributed by atoms with E-state index >= 15 is 0 Å². The molecule has 2 saturated carbocycles. The standard InChI is InChI=1S/C14H26/c1-4-11-8-9-14(2,3)13-7-5-6-12(11)10-13/h11-13H,4-10H2,1-3H3. The van der Waals surface area contributed by atoms with Crippen LogP contribution in [-0.2, 0) is 0 Å². The van der Waals surface area contributed by atoms with Crippen LogP contribution in [0.25, 0.3) is 0 Å². The van der Waals surface area contributed by atoms with Crippen molar-refractivity contribution in [2.24, 2.45) is 23.2 Å². The van der Waals surface area contributed by atoms with Crippen molar-refractivity contribution in [1.82, 2.24) is 0 Å². The molecule has 0 nitrogen and oxygen atoms in total. The van der Waals surface area contributed by atoms with Gasteiger partial charge in [-0.05, 0) is 48.9 Å². The Hall–Kier alpha value is 0. The maximum Gasteiger partial charge on any atom is -0.0326 e. The van der Waals surface area contributed by atoms with E-state index in [-0.39, 0.29) is 0 Å². The molecule has 2 fully saturated rings. The van der Waals surface area contributed by atoms with Crippen molar-refractivity contribution in [3.63, 3.8) is 0 Å². The fraction of sp³-hybridized carbons (Fsp3) is 1.00. The largest absolute Gasteiger partial charge is 0.0651 e. The summed E-state index contributed by atoms with van der Waals surface area (Å²) in [6.07, 6.45) is 10.5. The molecule has 2 aliphatic rings. The summed E-state index contributed by atoms with van der Waals surface area (Å²) in [6, 6.07) is 0. The molecule has 0 aromatic heterocycles. The van der Waals surface area contributed by atoms with E-state index in [1.54, 1.807) is 6.42 Å². The van der Waals surface area contributed by atoms with Gasteiger partial charge in [-0.1, -0.05) is 40.0 Å². The molecule has 0 N–H and O–H groups in total. The Bertz CT molecular complexity index is 192. The van der Waals surface area contributed by atoms with E-state index < -0.39 is 0 Å². The average Bonchev–Trinajstić information content (AvgIpc) is 2.26. The molecule has 0 aliphatic heterocycles. The molecule has 3 unspecified atom stereocenters. The maximum absolute atomic E-state index is 2.51. The fourth-order valence-corrected chi connectivity index (χ4v) is 3.90. The lowest BCUT2D eigenvalue weighted by Crippen LogP contribution is -2.27. The van der Waals surface area contributed by atoms with E-state index in [2.05, 4.69) is 20.8 Å². The van der Waals surface area contributed by atoms with E-state index in [1.165, 1.54) is 38.5 Å². The van der Waals surface area contributed by atoms with Crippen LogP contribution in [0.1, 0.15) is 65.7 Å². The zero-order valence-corrected chi connectivity index (χ0v) is 10.2. The summed E-state index contributed by atoms with van der Waals surface area (Å²) in [6.45, 7) is 7.42. The van der Waals surface area contributed by atoms with Crippen LogP contribution in [-0.4, -0.2) is 0 Å². The quantitative estimate of drug-likeness (QED) is 0.570. The van der Waals surface area contributed by atoms with Gasteiger partial charge in [-0.2, -0.15) is 0 Å². The first-order chi connectivity index (χ1) is 6.63. The Morgan fingerprint density at radius 1 is 1.14 bits per heavy atom. The van der Waals surface area contributed by atoms with Gasteiger partial charge in [0.1, 0.15) is 0 Å². The third-order valence-corrected chi connectivity index (χ3v) is 5.17. The molecule has 0 heterocycles. The van der Waals surface area contributed by atoms with Crippen LogP contribution < -0.4 is 0 Å². The first-order valence-electron chi connectivity index (χ1n) is 6.63. The van der Waals surface area contributed by atoms with Crippen LogP contribution >= 0.6 is 0 Å². The zero-order valence-electron chi connectivity index (χ0n) is 10.2. The Labute approximate surface area is 89.5 Å². The van der Waals surface area contributed by atoms with E-state index in [0.717, 1.165) is 17.8 Å². The van der Waals surface area contributed by atoms with Crippen LogP contribution in [0.5, 0.6) is 0 Å². The van der Waals surface area contributed by atoms with Gasteiger partial charge in [0.25, 0.3) is 0 Å². The molecule has 2 aliphatic carbocycles. The second kappa shape index (κ2) is 3.87. The highest BCUT2D eigenvalue weighted by Gasteiger charge is 2.39. The molecule has 0 amide bonds. The van der Waals surface area contributed by atoms with Gasteiger partial charge in [-0.3, -0.25) is 0 Å². The summed E-state index contributed by atoms with van der Waals surface area (Å²) in [7, 11) is 0. The van der Waals surface area contributed by atoms with Gasteiger partial charge in [0, 0.05) is 0 Å². The van der Waals surface area contributed by atoms with E-state index in [0.29, 0.717) is 5.41 Å². The Morgan fingerprint density at radius 2 is 1.93 bits per heavy atom. The summed E-state index contributed by atoms with van der Waals surface area (Å²) in [5.41, 5.74) is 0.641. The minimum absolute atomic E-state index is 0.641. The summed E-state index contributed by atoms with van der Waals surface area (Å²) in [5.74, 6) is 3.18. The van der Waals surface area contributed by atoms with Gasteiger partial charge in [0.15, 0.2) is 0 Å². The van der Waals surface area contributed by atoms with Crippen LogP contribution in [0.3, 0.4) is 0 Å². The van der Waals surface area contributed by atoms with Crippen molar-refractivity contribution >= 4 is 0 Å². The van der Waals surface area contributed by atoms with Gasteiger partial charge in [0.2, 0.25) is 0 Å². The van der Waals surface area contributed by atoms with Gasteiger partial charge in [-0.15, -0.1) is 0 Å². The molecular weight excluding hydrogens is 168 g/mol. The fourth-order valence-electron chi connectivity index (χ4n) is 3.90. The zero-order chi connectivity index (χ0) is 10.2. The van der Waals surface area contributed by atoms with Crippen molar-refractivity contribution in [2.45, 2.75) is 65.7 Å². The lowest BCUT2D eigenvalue weighted by molar-refractivity contribution is 0.134. The molecule has 0 radical (unpaired) electrons. The van der Waals surface area contributed by atoms with Gasteiger partial charge in [-0.25, -0.2) is 0 Å². The highest BCUT2D eigenvalue weighted by atomic mass is 14.4. The smallest absolute Gasteiger partial charge is 0.0326 e. The second-order valence-corrected chi connectivity index (χ2v) is 6.32. The number of rotatable bonds is 1. The Balaban J connectivity index is 2.13. The number of fused-ring (bicyclic) bond motifs is 2. The van der Waals surface area contributed by atoms with Crippen molar-refractivity contribution in [1.29, 1.82) is 0 Å². The topological polar surface area (TPSA) is 0 Å². The first kappa shape index (κ1) is 10.5. The maximum atomic E-state index is 2.51. The van der Waals surface area contributed by atoms with Crippen molar-refractivity contribution in [3.8, 4) is 0 Å². The number of hydrogen-bond donors (Lipinski definition) is 0. The molecule has 0 spiro atoms. The second-order valence-electron chi connectivity index (χ2n) is 6.32. The van der Waals surface area contributed by atoms with Gasteiger partial charge >= 0.3 is 0 Å². The molecule has 14 heavy (non-hydrogen) atoms. The molecule has 0 aromatic carbocycles. The molecule has 0 heteroatoms. The normalized spacial score (nSPS) is 41.8. The predicted octanol–water partition coefficient (Wildman–Crippen LogP) is 4.64. The highest BCUT2D eigenvalue weighted by molar-refractivity contribution is 4.90. The van der Waals surface area contributed by atoms with Gasteiger partial charge < -0.3 is 0 Å². The molecular formula is C14H26. The minimum atomic E-state index is 0.641. The Morgan fingerprint density at radius 3 is 2.64 bits per heavy atom. The van der Waals surface area contributed by atoms with Crippen LogP contribution in [0.4, 0.5) is 0 Å². The van der Waals surface area contributed by atoms with Crippen molar-refractivity contribution in [2.75, 3.05) is 0 Å². The summed E-state index contributed by atoms with van der Waals surface area (Å²) in [4.78, 5) is 0. The summed E-state index contributed by atoms with van der Waals surface area (Å²) >= 11 is 0. The van der Waals surface area contributed by atoms with Crippen LogP contribution in [0, 0.1) is 23.2 Å². The predicted molar refractivity (Wildman–Crippen MR) is 62.2 cm³/mol. The SMILES string of the molecule is CCC1CCC(C)(C)C2CCCC1C2. The van der Waals surface area contributed by atoms with Gasteiger partial charge in [0.05, 0.1) is 0 Å². The van der Waals surface area contributed by atoms with E-state index in [1.807, 2.05) is 0 Å². The Kier molecular flexibility index (Phi) is 2.91. The number of hydrogen-bond acceptors (Lipinski definition) is 0. The average molecular weight is 194 g/mol. The molecule has 3 atom stereocenters. The van der Waals surface area contributed by atoms with E-state index in [4.69, 9.17) is 0 Å². The lowest BCUT2D eigenvalue weighted by atomic mass is 9.68. The third-order valence-electron chi connectivity index (χ3n) is 5.17. The molecule has 2 rings (SSSR count). The van der Waals surface area contributed by atoms with Crippen LogP contribution in [0.15, 0.2) is 0 Å². The molecule has 0 aromatic rings. The molecule has 82 valence electrons. The summed E-state index contributed by atoms with van der Waals surface area (Å²) < 4.78 is 0. The molecule has 2 bridgehead atoms. The first-order valence-corrected chi connectivity index (χ1v) is 6.63. The molecule has 0 saturated heterocycles. The van der Waals surface area contributed by atoms with Crippen LogP contribution in [0.2, 0.25) is 0 Å². The lowest BCUT2D eigenvalue weighted by Gasteiger charge is -2.37. The minimum Gasteiger partial charge on any atom is -0.0651 e. The van der Waals surface area contributed by atoms with Crippen molar-refractivity contribution < 1.29 is 0 Å². The summed E-state index contributed by atoms with van der Waals surface area (Å²) in [5, 5.41) is 0. The highest BCUT2D eigenvalue weighted by Crippen LogP contribution is 2.50. The van der Waals surface area contributed by atoms with Crippen molar-refractivity contribution in [3.05, 3.63) is 0 Å². The van der Waals surface area contributed by atoms with E-state index in [9.17, 15) is 0 Å². The monoisotopic (exact) mass is 194 g/mol.